The Hall–Kier alpha value is -3.54. The molecular formula is C29H33ClN5O2P. The highest BCUT2D eigenvalue weighted by molar-refractivity contribution is 7.70. The Morgan fingerprint density at radius 2 is 1.74 bits per heavy atom. The van der Waals surface area contributed by atoms with Gasteiger partial charge in [-0.1, -0.05) is 48.0 Å². The second kappa shape index (κ2) is 12.8. The molecule has 7 nitrogen and oxygen atoms in total. The highest BCUT2D eigenvalue weighted by Gasteiger charge is 2.17. The van der Waals surface area contributed by atoms with Crippen LogP contribution in [-0.4, -0.2) is 43.0 Å². The van der Waals surface area contributed by atoms with Gasteiger partial charge in [0.1, 0.15) is 17.9 Å². The molecule has 1 heterocycles. The predicted molar refractivity (Wildman–Crippen MR) is 160 cm³/mol. The maximum absolute atomic E-state index is 12.7. The summed E-state index contributed by atoms with van der Waals surface area (Å²) in [6.07, 6.45) is 2.44. The van der Waals surface area contributed by atoms with E-state index in [0.717, 1.165) is 36.3 Å². The second-order valence-corrected chi connectivity index (χ2v) is 12.7. The highest BCUT2D eigenvalue weighted by atomic mass is 35.5. The van der Waals surface area contributed by atoms with Gasteiger partial charge in [-0.2, -0.15) is 4.98 Å². The van der Waals surface area contributed by atoms with Crippen molar-refractivity contribution in [2.45, 2.75) is 13.3 Å². The number of halogens is 1. The summed E-state index contributed by atoms with van der Waals surface area (Å²) >= 11 is 6.38. The maximum Gasteiger partial charge on any atom is 0.229 e. The molecule has 1 aromatic heterocycles. The van der Waals surface area contributed by atoms with Crippen molar-refractivity contribution in [2.24, 2.45) is 0 Å². The lowest BCUT2D eigenvalue weighted by molar-refractivity contribution is 0.312. The standard InChI is InChI=1S/C29H33ClN5O2P/c1-4-35(23-13-6-5-7-14-23)18-11-19-37-24-15-10-12-22(20-24)32-29-31-21-25(30)28(34-29)33-26-16-8-9-17-27(26)38(2,3)36/h5-10,12-17,20-21H,4,11,18-19H2,1-3H3,(H2,31,32,33,34). The summed E-state index contributed by atoms with van der Waals surface area (Å²) in [6, 6.07) is 25.6. The third-order valence-electron chi connectivity index (χ3n) is 5.92. The number of para-hydroxylation sites is 2. The lowest BCUT2D eigenvalue weighted by Crippen LogP contribution is -2.25. The summed E-state index contributed by atoms with van der Waals surface area (Å²) in [5.74, 6) is 1.57. The second-order valence-electron chi connectivity index (χ2n) is 9.15. The molecule has 3 aromatic carbocycles. The first kappa shape index (κ1) is 27.5. The number of aromatic nitrogens is 2. The number of benzene rings is 3. The van der Waals surface area contributed by atoms with Crippen LogP contribution in [0, 0.1) is 0 Å². The summed E-state index contributed by atoms with van der Waals surface area (Å²) in [6.45, 7) is 8.11. The van der Waals surface area contributed by atoms with Gasteiger partial charge in [-0.3, -0.25) is 0 Å². The molecule has 0 aliphatic heterocycles. The highest BCUT2D eigenvalue weighted by Crippen LogP contribution is 2.38. The number of anilines is 5. The van der Waals surface area contributed by atoms with Crippen LogP contribution in [0.25, 0.3) is 0 Å². The van der Waals surface area contributed by atoms with E-state index in [4.69, 9.17) is 16.3 Å². The van der Waals surface area contributed by atoms with Crippen molar-refractivity contribution in [3.05, 3.63) is 90.1 Å². The molecule has 0 saturated heterocycles. The van der Waals surface area contributed by atoms with Gasteiger partial charge in [0, 0.05) is 35.8 Å². The molecule has 4 rings (SSSR count). The molecule has 198 valence electrons. The number of hydrogen-bond donors (Lipinski definition) is 2. The van der Waals surface area contributed by atoms with Gasteiger partial charge in [-0.25, -0.2) is 4.98 Å². The molecule has 0 radical (unpaired) electrons. The fourth-order valence-corrected chi connectivity index (χ4v) is 5.33. The zero-order chi connectivity index (χ0) is 27.0. The third kappa shape index (κ3) is 7.50. The van der Waals surface area contributed by atoms with Gasteiger partial charge in [-0.05, 0) is 63.1 Å². The Morgan fingerprint density at radius 3 is 2.50 bits per heavy atom. The van der Waals surface area contributed by atoms with E-state index in [1.165, 1.54) is 11.9 Å². The third-order valence-corrected chi connectivity index (χ3v) is 7.74. The van der Waals surface area contributed by atoms with Crippen molar-refractivity contribution in [1.29, 1.82) is 0 Å². The molecule has 0 atom stereocenters. The van der Waals surface area contributed by atoms with Crippen molar-refractivity contribution in [1.82, 2.24) is 9.97 Å². The Kier molecular flexibility index (Phi) is 9.27. The topological polar surface area (TPSA) is 79.4 Å². The van der Waals surface area contributed by atoms with Crippen LogP contribution in [0.15, 0.2) is 85.1 Å². The molecular weight excluding hydrogens is 517 g/mol. The van der Waals surface area contributed by atoms with E-state index >= 15 is 0 Å². The van der Waals surface area contributed by atoms with Crippen LogP contribution in [0.4, 0.5) is 28.8 Å². The molecule has 0 spiro atoms. The Morgan fingerprint density at radius 1 is 0.974 bits per heavy atom. The first-order chi connectivity index (χ1) is 18.3. The van der Waals surface area contributed by atoms with E-state index in [1.807, 2.05) is 54.6 Å². The molecule has 38 heavy (non-hydrogen) atoms. The molecule has 0 bridgehead atoms. The van der Waals surface area contributed by atoms with E-state index in [-0.39, 0.29) is 0 Å². The molecule has 0 amide bonds. The van der Waals surface area contributed by atoms with Crippen molar-refractivity contribution in [3.8, 4) is 5.75 Å². The van der Waals surface area contributed by atoms with E-state index in [2.05, 4.69) is 56.7 Å². The monoisotopic (exact) mass is 549 g/mol. The molecule has 0 saturated carbocycles. The van der Waals surface area contributed by atoms with Crippen molar-refractivity contribution in [3.63, 3.8) is 0 Å². The number of nitrogens with one attached hydrogen (secondary N) is 2. The minimum atomic E-state index is -2.50. The Balaban J connectivity index is 1.38. The van der Waals surface area contributed by atoms with Crippen LogP contribution in [0.5, 0.6) is 5.75 Å². The molecule has 0 aliphatic rings. The van der Waals surface area contributed by atoms with Crippen LogP contribution in [0.2, 0.25) is 5.02 Å². The minimum Gasteiger partial charge on any atom is -0.493 e. The van der Waals surface area contributed by atoms with Gasteiger partial charge in [0.25, 0.3) is 0 Å². The van der Waals surface area contributed by atoms with Crippen LogP contribution in [0.3, 0.4) is 0 Å². The summed E-state index contributed by atoms with van der Waals surface area (Å²) in [4.78, 5) is 11.2. The van der Waals surface area contributed by atoms with Gasteiger partial charge < -0.3 is 24.8 Å². The van der Waals surface area contributed by atoms with Gasteiger partial charge in [-0.15, -0.1) is 0 Å². The average Bonchev–Trinajstić information content (AvgIpc) is 2.91. The van der Waals surface area contributed by atoms with Gasteiger partial charge in [0.2, 0.25) is 5.95 Å². The van der Waals surface area contributed by atoms with Gasteiger partial charge in [0.05, 0.1) is 18.5 Å². The van der Waals surface area contributed by atoms with E-state index in [9.17, 15) is 4.57 Å². The van der Waals surface area contributed by atoms with Gasteiger partial charge >= 0.3 is 0 Å². The summed E-state index contributed by atoms with van der Waals surface area (Å²) in [7, 11) is -2.50. The summed E-state index contributed by atoms with van der Waals surface area (Å²) in [5.41, 5.74) is 2.72. The predicted octanol–water partition coefficient (Wildman–Crippen LogP) is 7.16. The molecule has 0 unspecified atom stereocenters. The van der Waals surface area contributed by atoms with E-state index in [1.54, 1.807) is 13.3 Å². The zero-order valence-corrected chi connectivity index (χ0v) is 23.5. The number of hydrogen-bond acceptors (Lipinski definition) is 7. The van der Waals surface area contributed by atoms with Crippen molar-refractivity contribution in [2.75, 3.05) is 48.6 Å². The molecule has 4 aromatic rings. The SMILES string of the molecule is CCN(CCCOc1cccc(Nc2ncc(Cl)c(Nc3ccccc3P(C)(C)=O)n2)c1)c1ccccc1. The summed E-state index contributed by atoms with van der Waals surface area (Å²) in [5, 5.41) is 7.54. The lowest BCUT2D eigenvalue weighted by Gasteiger charge is -2.23. The fraction of sp³-hybridized carbons (Fsp3) is 0.241. The van der Waals surface area contributed by atoms with Crippen LogP contribution in [0.1, 0.15) is 13.3 Å². The van der Waals surface area contributed by atoms with Crippen LogP contribution >= 0.6 is 18.7 Å². The maximum atomic E-state index is 12.7. The Labute approximate surface area is 229 Å². The molecule has 0 aliphatic carbocycles. The van der Waals surface area contributed by atoms with Gasteiger partial charge in [0.15, 0.2) is 5.82 Å². The van der Waals surface area contributed by atoms with E-state index < -0.39 is 7.14 Å². The number of rotatable bonds is 12. The average molecular weight is 550 g/mol. The smallest absolute Gasteiger partial charge is 0.229 e. The first-order valence-corrected chi connectivity index (χ1v) is 15.6. The van der Waals surface area contributed by atoms with Crippen molar-refractivity contribution < 1.29 is 9.30 Å². The number of ether oxygens (including phenoxy) is 1. The number of nitrogens with zero attached hydrogens (tertiary/aromatic N) is 3. The molecule has 2 N–H and O–H groups in total. The normalized spacial score (nSPS) is 11.2. The zero-order valence-electron chi connectivity index (χ0n) is 21.9. The lowest BCUT2D eigenvalue weighted by atomic mass is 10.2. The van der Waals surface area contributed by atoms with Crippen molar-refractivity contribution >= 4 is 52.9 Å². The van der Waals surface area contributed by atoms with Crippen LogP contribution < -0.4 is 25.6 Å². The largest absolute Gasteiger partial charge is 0.493 e. The van der Waals surface area contributed by atoms with E-state index in [0.29, 0.717) is 29.1 Å². The quantitative estimate of drug-likeness (QED) is 0.143. The first-order valence-electron chi connectivity index (χ1n) is 12.6. The molecule has 0 fully saturated rings. The molecule has 9 heteroatoms. The van der Waals surface area contributed by atoms with Crippen LogP contribution in [-0.2, 0) is 4.57 Å². The Bertz CT molecular complexity index is 1400. The minimum absolute atomic E-state index is 0.362. The summed E-state index contributed by atoms with van der Waals surface area (Å²) < 4.78 is 18.7. The fourth-order valence-electron chi connectivity index (χ4n) is 4.04.